The molecule has 0 spiro atoms. The number of rotatable bonds is 6. The van der Waals surface area contributed by atoms with Crippen LogP contribution in [0, 0.1) is 0 Å². The Morgan fingerprint density at radius 1 is 1.60 bits per heavy atom. The molecule has 1 aromatic rings. The predicted octanol–water partition coefficient (Wildman–Crippen LogP) is 0.910. The first kappa shape index (κ1) is 11.7. The first-order valence-corrected chi connectivity index (χ1v) is 5.25. The van der Waals surface area contributed by atoms with Crippen molar-refractivity contribution >= 4 is 11.7 Å². The summed E-state index contributed by atoms with van der Waals surface area (Å²) in [5.74, 6) is 0.626. The van der Waals surface area contributed by atoms with E-state index in [2.05, 4.69) is 20.8 Å². The van der Waals surface area contributed by atoms with Crippen molar-refractivity contribution in [1.82, 2.24) is 15.5 Å². The number of hydrogen-bond acceptors (Lipinski definition) is 3. The third kappa shape index (κ3) is 4.12. The summed E-state index contributed by atoms with van der Waals surface area (Å²) < 4.78 is 0. The van der Waals surface area contributed by atoms with Crippen LogP contribution in [-0.4, -0.2) is 29.7 Å². The van der Waals surface area contributed by atoms with E-state index in [4.69, 9.17) is 0 Å². The first-order chi connectivity index (χ1) is 7.26. The smallest absolute Gasteiger partial charge is 0.225 e. The highest BCUT2D eigenvalue weighted by atomic mass is 16.1. The first-order valence-electron chi connectivity index (χ1n) is 5.25. The van der Waals surface area contributed by atoms with Crippen LogP contribution < -0.4 is 10.6 Å². The van der Waals surface area contributed by atoms with Gasteiger partial charge in [-0.15, -0.1) is 0 Å². The summed E-state index contributed by atoms with van der Waals surface area (Å²) in [6.45, 7) is 2.89. The fourth-order valence-electron chi connectivity index (χ4n) is 1.24. The second kappa shape index (κ2) is 6.19. The van der Waals surface area contributed by atoms with Gasteiger partial charge in [0.2, 0.25) is 5.91 Å². The monoisotopic (exact) mass is 210 g/mol. The molecule has 0 saturated heterocycles. The van der Waals surface area contributed by atoms with Crippen LogP contribution in [0.5, 0.6) is 0 Å². The fraction of sp³-hybridized carbons (Fsp3) is 0.600. The van der Waals surface area contributed by atoms with Gasteiger partial charge in [-0.1, -0.05) is 6.92 Å². The van der Waals surface area contributed by atoms with Gasteiger partial charge in [0.1, 0.15) is 0 Å². The van der Waals surface area contributed by atoms with Crippen LogP contribution in [0.2, 0.25) is 0 Å². The van der Waals surface area contributed by atoms with E-state index in [9.17, 15) is 4.79 Å². The molecular weight excluding hydrogens is 192 g/mol. The van der Waals surface area contributed by atoms with Gasteiger partial charge in [-0.2, -0.15) is 5.10 Å². The highest BCUT2D eigenvalue weighted by Gasteiger charge is 2.04. The second-order valence-electron chi connectivity index (χ2n) is 3.39. The van der Waals surface area contributed by atoms with E-state index in [0.717, 1.165) is 25.1 Å². The number of H-pyrrole nitrogens is 1. The molecule has 0 atom stereocenters. The maximum atomic E-state index is 11.4. The molecule has 0 aliphatic heterocycles. The molecule has 5 heteroatoms. The number of aryl methyl sites for hydroxylation is 1. The molecule has 0 aliphatic carbocycles. The Morgan fingerprint density at radius 2 is 2.40 bits per heavy atom. The highest BCUT2D eigenvalue weighted by molar-refractivity contribution is 5.89. The van der Waals surface area contributed by atoms with E-state index < -0.39 is 0 Å². The lowest BCUT2D eigenvalue weighted by Gasteiger charge is -2.00. The minimum absolute atomic E-state index is 0.0133. The molecule has 1 rings (SSSR count). The molecule has 1 amide bonds. The van der Waals surface area contributed by atoms with Gasteiger partial charge < -0.3 is 10.6 Å². The molecule has 84 valence electrons. The van der Waals surface area contributed by atoms with Crippen LogP contribution in [0.15, 0.2) is 6.07 Å². The van der Waals surface area contributed by atoms with Crippen LogP contribution in [0.4, 0.5) is 5.82 Å². The average molecular weight is 210 g/mol. The number of carbonyl (C=O) groups is 1. The Bertz CT molecular complexity index is 308. The Labute approximate surface area is 89.6 Å². The minimum Gasteiger partial charge on any atom is -0.320 e. The van der Waals surface area contributed by atoms with Crippen molar-refractivity contribution in [2.75, 3.05) is 18.9 Å². The van der Waals surface area contributed by atoms with Crippen LogP contribution >= 0.6 is 0 Å². The molecule has 15 heavy (non-hydrogen) atoms. The van der Waals surface area contributed by atoms with Crippen molar-refractivity contribution in [3.8, 4) is 0 Å². The number of carbonyl (C=O) groups excluding carboxylic acids is 1. The number of aromatic nitrogens is 2. The van der Waals surface area contributed by atoms with E-state index in [1.54, 1.807) is 0 Å². The topological polar surface area (TPSA) is 69.8 Å². The zero-order valence-corrected chi connectivity index (χ0v) is 9.26. The standard InChI is InChI=1S/C10H18N4O/c1-3-8-7-9(14-13-8)12-10(15)5-4-6-11-2/h7,11H,3-6H2,1-2H3,(H2,12,13,14,15). The number of aromatic amines is 1. The number of amides is 1. The third-order valence-corrected chi connectivity index (χ3v) is 2.11. The van der Waals surface area contributed by atoms with Crippen LogP contribution in [0.25, 0.3) is 0 Å². The molecule has 1 heterocycles. The maximum Gasteiger partial charge on any atom is 0.225 e. The Balaban J connectivity index is 2.31. The summed E-state index contributed by atoms with van der Waals surface area (Å²) >= 11 is 0. The molecule has 0 unspecified atom stereocenters. The number of hydrogen-bond donors (Lipinski definition) is 3. The van der Waals surface area contributed by atoms with Crippen LogP contribution in [0.1, 0.15) is 25.5 Å². The van der Waals surface area contributed by atoms with Gasteiger partial charge in [0.25, 0.3) is 0 Å². The lowest BCUT2D eigenvalue weighted by Crippen LogP contribution is -2.15. The van der Waals surface area contributed by atoms with E-state index in [0.29, 0.717) is 12.2 Å². The van der Waals surface area contributed by atoms with E-state index in [1.807, 2.05) is 20.0 Å². The average Bonchev–Trinajstić information content (AvgIpc) is 2.66. The number of anilines is 1. The quantitative estimate of drug-likeness (QED) is 0.611. The Morgan fingerprint density at radius 3 is 3.00 bits per heavy atom. The van der Waals surface area contributed by atoms with Crippen LogP contribution in [0.3, 0.4) is 0 Å². The molecule has 0 radical (unpaired) electrons. The van der Waals surface area contributed by atoms with Crippen molar-refractivity contribution in [2.24, 2.45) is 0 Å². The predicted molar refractivity (Wildman–Crippen MR) is 59.8 cm³/mol. The molecule has 3 N–H and O–H groups in total. The Kier molecular flexibility index (Phi) is 4.83. The van der Waals surface area contributed by atoms with Gasteiger partial charge >= 0.3 is 0 Å². The van der Waals surface area contributed by atoms with Crippen molar-refractivity contribution in [3.05, 3.63) is 11.8 Å². The molecular formula is C10H18N4O. The van der Waals surface area contributed by atoms with Crippen LogP contribution in [-0.2, 0) is 11.2 Å². The summed E-state index contributed by atoms with van der Waals surface area (Å²) in [6.07, 6.45) is 2.26. The maximum absolute atomic E-state index is 11.4. The molecule has 5 nitrogen and oxygen atoms in total. The van der Waals surface area contributed by atoms with Crippen molar-refractivity contribution in [1.29, 1.82) is 0 Å². The highest BCUT2D eigenvalue weighted by Crippen LogP contribution is 2.06. The molecule has 0 aliphatic rings. The molecule has 0 bridgehead atoms. The molecule has 1 aromatic heterocycles. The number of nitrogens with zero attached hydrogens (tertiary/aromatic N) is 1. The minimum atomic E-state index is 0.0133. The Hall–Kier alpha value is -1.36. The van der Waals surface area contributed by atoms with E-state index in [-0.39, 0.29) is 5.91 Å². The SMILES string of the molecule is CCc1cc(NC(=O)CCCNC)n[nH]1. The summed E-state index contributed by atoms with van der Waals surface area (Å²) in [6, 6.07) is 1.86. The summed E-state index contributed by atoms with van der Waals surface area (Å²) in [5, 5.41) is 12.6. The second-order valence-corrected chi connectivity index (χ2v) is 3.39. The molecule has 0 aromatic carbocycles. The van der Waals surface area contributed by atoms with Gasteiger partial charge in [-0.25, -0.2) is 0 Å². The van der Waals surface area contributed by atoms with Gasteiger partial charge in [0.15, 0.2) is 5.82 Å². The summed E-state index contributed by atoms with van der Waals surface area (Å²) in [7, 11) is 1.87. The molecule has 0 fully saturated rings. The van der Waals surface area contributed by atoms with Crippen molar-refractivity contribution in [3.63, 3.8) is 0 Å². The van der Waals surface area contributed by atoms with E-state index >= 15 is 0 Å². The summed E-state index contributed by atoms with van der Waals surface area (Å²) in [4.78, 5) is 11.4. The number of nitrogens with one attached hydrogen (secondary N) is 3. The zero-order valence-electron chi connectivity index (χ0n) is 9.26. The fourth-order valence-corrected chi connectivity index (χ4v) is 1.24. The third-order valence-electron chi connectivity index (χ3n) is 2.11. The van der Waals surface area contributed by atoms with Crippen molar-refractivity contribution in [2.45, 2.75) is 26.2 Å². The summed E-state index contributed by atoms with van der Waals surface area (Å²) in [5.41, 5.74) is 1.03. The normalized spacial score (nSPS) is 10.3. The zero-order chi connectivity index (χ0) is 11.1. The van der Waals surface area contributed by atoms with Gasteiger partial charge in [-0.05, 0) is 26.4 Å². The van der Waals surface area contributed by atoms with Gasteiger partial charge in [0.05, 0.1) is 0 Å². The van der Waals surface area contributed by atoms with E-state index in [1.165, 1.54) is 0 Å². The van der Waals surface area contributed by atoms with Crippen molar-refractivity contribution < 1.29 is 4.79 Å². The molecule has 0 saturated carbocycles. The lowest BCUT2D eigenvalue weighted by molar-refractivity contribution is -0.116. The van der Waals surface area contributed by atoms with Gasteiger partial charge in [0, 0.05) is 18.2 Å². The largest absolute Gasteiger partial charge is 0.320 e. The lowest BCUT2D eigenvalue weighted by atomic mass is 10.3. The van der Waals surface area contributed by atoms with Gasteiger partial charge in [-0.3, -0.25) is 9.89 Å².